The average molecular weight is 262 g/mol. The highest BCUT2D eigenvalue weighted by molar-refractivity contribution is 5.88. The van der Waals surface area contributed by atoms with Crippen LogP contribution in [0.1, 0.15) is 30.9 Å². The zero-order valence-corrected chi connectivity index (χ0v) is 11.7. The predicted molar refractivity (Wildman–Crippen MR) is 75.3 cm³/mol. The molecule has 0 spiro atoms. The molecule has 1 aromatic rings. The molecular formula is C15H22N2O2. The van der Waals surface area contributed by atoms with Gasteiger partial charge in [0.1, 0.15) is 5.75 Å². The van der Waals surface area contributed by atoms with Gasteiger partial charge in [-0.2, -0.15) is 0 Å². The lowest BCUT2D eigenvalue weighted by Gasteiger charge is -2.36. The number of hydrogen-bond donors (Lipinski definition) is 2. The fourth-order valence-corrected chi connectivity index (χ4v) is 2.85. The van der Waals surface area contributed by atoms with Gasteiger partial charge < -0.3 is 15.8 Å². The molecule has 0 aromatic heterocycles. The third-order valence-electron chi connectivity index (χ3n) is 4.12. The topological polar surface area (TPSA) is 64.3 Å². The van der Waals surface area contributed by atoms with Crippen LogP contribution in [-0.4, -0.2) is 26.1 Å². The van der Waals surface area contributed by atoms with Crippen LogP contribution in [0, 0.1) is 0 Å². The van der Waals surface area contributed by atoms with Gasteiger partial charge in [0.15, 0.2) is 0 Å². The highest BCUT2D eigenvalue weighted by atomic mass is 16.5. The van der Waals surface area contributed by atoms with Gasteiger partial charge in [0.25, 0.3) is 0 Å². The summed E-state index contributed by atoms with van der Waals surface area (Å²) in [6, 6.07) is 6.06. The molecule has 1 aromatic carbocycles. The number of carbonyl (C=O) groups excluding carboxylic acids is 1. The molecule has 4 heteroatoms. The number of nitrogens with one attached hydrogen (secondary N) is 1. The first kappa shape index (κ1) is 13.9. The zero-order chi connectivity index (χ0) is 13.9. The van der Waals surface area contributed by atoms with Gasteiger partial charge in [0.05, 0.1) is 12.5 Å². The van der Waals surface area contributed by atoms with Crippen molar-refractivity contribution in [3.63, 3.8) is 0 Å². The summed E-state index contributed by atoms with van der Waals surface area (Å²) in [5.41, 5.74) is 7.28. The van der Waals surface area contributed by atoms with Gasteiger partial charge in [-0.1, -0.05) is 19.1 Å². The van der Waals surface area contributed by atoms with E-state index in [-0.39, 0.29) is 5.91 Å². The normalized spacial score (nSPS) is 18.0. The van der Waals surface area contributed by atoms with Crippen LogP contribution < -0.4 is 15.8 Å². The lowest BCUT2D eigenvalue weighted by molar-refractivity contribution is -0.124. The molecular weight excluding hydrogens is 240 g/mol. The third kappa shape index (κ3) is 2.45. The largest absolute Gasteiger partial charge is 0.496 e. The Balaban J connectivity index is 2.54. The molecule has 19 heavy (non-hydrogen) atoms. The number of ether oxygens (including phenoxy) is 1. The SMILES string of the molecule is CCc1ccc(OC)c(C2(C(N)=O)CCNCC2)c1. The molecule has 1 heterocycles. The molecule has 1 saturated heterocycles. The number of hydrogen-bond acceptors (Lipinski definition) is 3. The lowest BCUT2D eigenvalue weighted by Crippen LogP contribution is -2.49. The van der Waals surface area contributed by atoms with E-state index in [2.05, 4.69) is 18.3 Å². The van der Waals surface area contributed by atoms with Crippen LogP contribution in [-0.2, 0) is 16.6 Å². The van der Waals surface area contributed by atoms with E-state index in [0.717, 1.165) is 43.7 Å². The highest BCUT2D eigenvalue weighted by Gasteiger charge is 2.41. The number of methoxy groups -OCH3 is 1. The number of amides is 1. The van der Waals surface area contributed by atoms with Gasteiger partial charge in [0.2, 0.25) is 5.91 Å². The Morgan fingerprint density at radius 1 is 1.42 bits per heavy atom. The molecule has 4 nitrogen and oxygen atoms in total. The van der Waals surface area contributed by atoms with Gasteiger partial charge in [-0.25, -0.2) is 0 Å². The number of carbonyl (C=O) groups is 1. The molecule has 104 valence electrons. The zero-order valence-electron chi connectivity index (χ0n) is 11.7. The Hall–Kier alpha value is -1.55. The first-order chi connectivity index (χ1) is 9.14. The van der Waals surface area contributed by atoms with Crippen molar-refractivity contribution in [2.24, 2.45) is 5.73 Å². The average Bonchev–Trinajstić information content (AvgIpc) is 2.47. The Bertz CT molecular complexity index is 465. The number of aryl methyl sites for hydroxylation is 1. The summed E-state index contributed by atoms with van der Waals surface area (Å²) >= 11 is 0. The molecule has 3 N–H and O–H groups in total. The minimum atomic E-state index is -0.595. The van der Waals surface area contributed by atoms with Crippen LogP contribution in [0.2, 0.25) is 0 Å². The fraction of sp³-hybridized carbons (Fsp3) is 0.533. The second kappa shape index (κ2) is 5.61. The van der Waals surface area contributed by atoms with Gasteiger partial charge in [-0.15, -0.1) is 0 Å². The number of piperidine rings is 1. The second-order valence-corrected chi connectivity index (χ2v) is 5.08. The molecule has 2 rings (SSSR count). The van der Waals surface area contributed by atoms with E-state index in [0.29, 0.717) is 0 Å². The van der Waals surface area contributed by atoms with Gasteiger partial charge in [0, 0.05) is 5.56 Å². The number of rotatable bonds is 4. The summed E-state index contributed by atoms with van der Waals surface area (Å²) in [5.74, 6) is 0.512. The minimum Gasteiger partial charge on any atom is -0.496 e. The molecule has 1 fully saturated rings. The van der Waals surface area contributed by atoms with Gasteiger partial charge in [-0.05, 0) is 44.0 Å². The van der Waals surface area contributed by atoms with Crippen LogP contribution in [0.3, 0.4) is 0 Å². The van der Waals surface area contributed by atoms with Crippen molar-refractivity contribution in [3.8, 4) is 5.75 Å². The molecule has 0 unspecified atom stereocenters. The molecule has 0 saturated carbocycles. The Kier molecular flexibility index (Phi) is 4.10. The minimum absolute atomic E-state index is 0.249. The van der Waals surface area contributed by atoms with Crippen molar-refractivity contribution in [1.82, 2.24) is 5.32 Å². The molecule has 1 amide bonds. The number of benzene rings is 1. The van der Waals surface area contributed by atoms with Crippen LogP contribution in [0.5, 0.6) is 5.75 Å². The van der Waals surface area contributed by atoms with Crippen molar-refractivity contribution >= 4 is 5.91 Å². The molecule has 1 aliphatic heterocycles. The quantitative estimate of drug-likeness (QED) is 0.861. The van der Waals surface area contributed by atoms with Crippen molar-refractivity contribution in [2.75, 3.05) is 20.2 Å². The molecule has 0 bridgehead atoms. The molecule has 0 atom stereocenters. The van der Waals surface area contributed by atoms with E-state index in [9.17, 15) is 4.79 Å². The standard InChI is InChI=1S/C15H22N2O2/c1-3-11-4-5-13(19-2)12(10-11)15(14(16)18)6-8-17-9-7-15/h4-5,10,17H,3,6-9H2,1-2H3,(H2,16,18). The summed E-state index contributed by atoms with van der Waals surface area (Å²) in [6.07, 6.45) is 2.39. The van der Waals surface area contributed by atoms with Crippen molar-refractivity contribution < 1.29 is 9.53 Å². The monoisotopic (exact) mass is 262 g/mol. The lowest BCUT2D eigenvalue weighted by atomic mass is 9.71. The smallest absolute Gasteiger partial charge is 0.228 e. The first-order valence-corrected chi connectivity index (χ1v) is 6.82. The van der Waals surface area contributed by atoms with E-state index >= 15 is 0 Å². The Labute approximate surface area is 114 Å². The summed E-state index contributed by atoms with van der Waals surface area (Å²) < 4.78 is 5.45. The van der Waals surface area contributed by atoms with Crippen molar-refractivity contribution in [1.29, 1.82) is 0 Å². The first-order valence-electron chi connectivity index (χ1n) is 6.82. The van der Waals surface area contributed by atoms with Crippen LogP contribution >= 0.6 is 0 Å². The maximum Gasteiger partial charge on any atom is 0.228 e. The highest BCUT2D eigenvalue weighted by Crippen LogP contribution is 2.39. The van der Waals surface area contributed by atoms with Crippen LogP contribution in [0.4, 0.5) is 0 Å². The van der Waals surface area contributed by atoms with Gasteiger partial charge in [-0.3, -0.25) is 4.79 Å². The Morgan fingerprint density at radius 2 is 2.11 bits per heavy atom. The maximum atomic E-state index is 12.1. The van der Waals surface area contributed by atoms with Gasteiger partial charge >= 0.3 is 0 Å². The van der Waals surface area contributed by atoms with Crippen molar-refractivity contribution in [2.45, 2.75) is 31.6 Å². The number of nitrogens with two attached hydrogens (primary N) is 1. The summed E-state index contributed by atoms with van der Waals surface area (Å²) in [4.78, 5) is 12.1. The summed E-state index contributed by atoms with van der Waals surface area (Å²) in [7, 11) is 1.64. The van der Waals surface area contributed by atoms with E-state index in [4.69, 9.17) is 10.5 Å². The molecule has 0 aliphatic carbocycles. The van der Waals surface area contributed by atoms with Crippen molar-refractivity contribution in [3.05, 3.63) is 29.3 Å². The summed E-state index contributed by atoms with van der Waals surface area (Å²) in [6.45, 7) is 3.72. The molecule has 0 radical (unpaired) electrons. The summed E-state index contributed by atoms with van der Waals surface area (Å²) in [5, 5.41) is 3.28. The van der Waals surface area contributed by atoms with E-state index in [1.165, 1.54) is 5.56 Å². The third-order valence-corrected chi connectivity index (χ3v) is 4.12. The van der Waals surface area contributed by atoms with Crippen LogP contribution in [0.25, 0.3) is 0 Å². The maximum absolute atomic E-state index is 12.1. The van der Waals surface area contributed by atoms with Crippen LogP contribution in [0.15, 0.2) is 18.2 Å². The number of primary amides is 1. The Morgan fingerprint density at radius 3 is 2.63 bits per heavy atom. The predicted octanol–water partition coefficient (Wildman–Crippen LogP) is 1.36. The fourth-order valence-electron chi connectivity index (χ4n) is 2.85. The van der Waals surface area contributed by atoms with E-state index < -0.39 is 5.41 Å². The van der Waals surface area contributed by atoms with E-state index in [1.54, 1.807) is 7.11 Å². The van der Waals surface area contributed by atoms with E-state index in [1.807, 2.05) is 12.1 Å². The molecule has 1 aliphatic rings. The second-order valence-electron chi connectivity index (χ2n) is 5.08.